The molecule has 0 aliphatic heterocycles. The molecule has 2 N–H and O–H groups in total. The molecular weight excluding hydrogens is 326 g/mol. The third-order valence-electron chi connectivity index (χ3n) is 3.00. The maximum absolute atomic E-state index is 12.1. The van der Waals surface area contributed by atoms with Gasteiger partial charge in [0.1, 0.15) is 6.04 Å². The third kappa shape index (κ3) is 2.90. The molecule has 0 bridgehead atoms. The van der Waals surface area contributed by atoms with Crippen LogP contribution in [0.1, 0.15) is 26.3 Å². The summed E-state index contributed by atoms with van der Waals surface area (Å²) in [7, 11) is 0. The number of carbonyl (C=O) groups excluding carboxylic acids is 1. The molecule has 0 fully saturated rings. The Balaban J connectivity index is 2.43. The lowest BCUT2D eigenvalue weighted by Crippen LogP contribution is -2.31. The fourth-order valence-corrected chi connectivity index (χ4v) is 2.71. The van der Waals surface area contributed by atoms with Gasteiger partial charge in [-0.3, -0.25) is 4.79 Å². The van der Waals surface area contributed by atoms with Crippen molar-refractivity contribution in [2.75, 3.05) is 6.54 Å². The summed E-state index contributed by atoms with van der Waals surface area (Å²) < 4.78 is 3.37. The van der Waals surface area contributed by atoms with Crippen molar-refractivity contribution in [1.29, 1.82) is 0 Å². The standard InChI is InChI=1S/C13H16BrN3OS/c1-3-6-15-12(18)8(2)17-11-7-9(14)4-5-10(11)16-13(17)19/h4-5,7-8H,3,6H2,1-2H3,(H,15,18)(H,16,19). The number of aromatic nitrogens is 2. The van der Waals surface area contributed by atoms with Gasteiger partial charge < -0.3 is 14.9 Å². The van der Waals surface area contributed by atoms with Crippen LogP contribution in [0.5, 0.6) is 0 Å². The lowest BCUT2D eigenvalue weighted by atomic mass is 10.2. The van der Waals surface area contributed by atoms with Crippen LogP contribution in [0, 0.1) is 4.77 Å². The molecule has 0 aliphatic rings. The van der Waals surface area contributed by atoms with Crippen LogP contribution in [0.3, 0.4) is 0 Å². The first-order valence-corrected chi connectivity index (χ1v) is 7.42. The van der Waals surface area contributed by atoms with E-state index >= 15 is 0 Å². The Morgan fingerprint density at radius 2 is 2.32 bits per heavy atom. The zero-order chi connectivity index (χ0) is 14.0. The van der Waals surface area contributed by atoms with Gasteiger partial charge in [0.05, 0.1) is 11.0 Å². The van der Waals surface area contributed by atoms with Crippen molar-refractivity contribution in [2.45, 2.75) is 26.3 Å². The molecule has 102 valence electrons. The van der Waals surface area contributed by atoms with Gasteiger partial charge in [0.2, 0.25) is 5.91 Å². The van der Waals surface area contributed by atoms with Crippen molar-refractivity contribution in [3.8, 4) is 0 Å². The summed E-state index contributed by atoms with van der Waals surface area (Å²) in [6, 6.07) is 5.52. The number of amides is 1. The van der Waals surface area contributed by atoms with Crippen molar-refractivity contribution in [2.24, 2.45) is 0 Å². The quantitative estimate of drug-likeness (QED) is 0.835. The van der Waals surface area contributed by atoms with E-state index in [0.29, 0.717) is 11.3 Å². The number of nitrogens with zero attached hydrogens (tertiary/aromatic N) is 1. The number of fused-ring (bicyclic) bond motifs is 1. The first kappa shape index (κ1) is 14.3. The minimum Gasteiger partial charge on any atom is -0.354 e. The summed E-state index contributed by atoms with van der Waals surface area (Å²) in [4.78, 5) is 15.2. The Bertz CT molecular complexity index is 661. The van der Waals surface area contributed by atoms with Crippen LogP contribution in [0.2, 0.25) is 0 Å². The topological polar surface area (TPSA) is 49.8 Å². The van der Waals surface area contributed by atoms with Crippen molar-refractivity contribution in [1.82, 2.24) is 14.9 Å². The average molecular weight is 342 g/mol. The zero-order valence-electron chi connectivity index (χ0n) is 10.9. The predicted molar refractivity (Wildman–Crippen MR) is 82.8 cm³/mol. The van der Waals surface area contributed by atoms with Crippen molar-refractivity contribution in [3.05, 3.63) is 27.4 Å². The van der Waals surface area contributed by atoms with E-state index in [1.165, 1.54) is 0 Å². The number of hydrogen-bond donors (Lipinski definition) is 2. The Morgan fingerprint density at radius 3 is 3.00 bits per heavy atom. The van der Waals surface area contributed by atoms with Crippen LogP contribution in [-0.2, 0) is 4.79 Å². The number of rotatable bonds is 4. The smallest absolute Gasteiger partial charge is 0.242 e. The van der Waals surface area contributed by atoms with Crippen molar-refractivity contribution < 1.29 is 4.79 Å². The second kappa shape index (κ2) is 5.88. The first-order valence-electron chi connectivity index (χ1n) is 6.22. The van der Waals surface area contributed by atoms with Gasteiger partial charge in [-0.05, 0) is 43.8 Å². The molecule has 1 aromatic heterocycles. The predicted octanol–water partition coefficient (Wildman–Crippen LogP) is 3.55. The number of halogens is 1. The molecule has 0 saturated heterocycles. The molecule has 2 aromatic rings. The van der Waals surface area contributed by atoms with Crippen LogP contribution in [0.15, 0.2) is 22.7 Å². The minimum absolute atomic E-state index is 0.0150. The molecular formula is C13H16BrN3OS. The van der Waals surface area contributed by atoms with Gasteiger partial charge in [-0.25, -0.2) is 0 Å². The third-order valence-corrected chi connectivity index (χ3v) is 3.79. The van der Waals surface area contributed by atoms with E-state index < -0.39 is 0 Å². The molecule has 0 radical (unpaired) electrons. The number of imidazole rings is 1. The summed E-state index contributed by atoms with van der Waals surface area (Å²) in [6.45, 7) is 4.57. The summed E-state index contributed by atoms with van der Waals surface area (Å²) >= 11 is 8.76. The maximum Gasteiger partial charge on any atom is 0.242 e. The highest BCUT2D eigenvalue weighted by Crippen LogP contribution is 2.23. The van der Waals surface area contributed by atoms with E-state index in [2.05, 4.69) is 26.2 Å². The molecule has 1 aromatic carbocycles. The largest absolute Gasteiger partial charge is 0.354 e. The highest BCUT2D eigenvalue weighted by Gasteiger charge is 2.18. The molecule has 0 aliphatic carbocycles. The van der Waals surface area contributed by atoms with E-state index in [0.717, 1.165) is 21.9 Å². The summed E-state index contributed by atoms with van der Waals surface area (Å²) in [5.74, 6) is -0.0150. The number of carbonyl (C=O) groups is 1. The van der Waals surface area contributed by atoms with Crippen LogP contribution in [0.25, 0.3) is 11.0 Å². The van der Waals surface area contributed by atoms with Gasteiger partial charge >= 0.3 is 0 Å². The van der Waals surface area contributed by atoms with Gasteiger partial charge in [0.15, 0.2) is 4.77 Å². The highest BCUT2D eigenvalue weighted by atomic mass is 79.9. The van der Waals surface area contributed by atoms with E-state index in [9.17, 15) is 4.79 Å². The van der Waals surface area contributed by atoms with E-state index in [1.54, 1.807) is 0 Å². The molecule has 19 heavy (non-hydrogen) atoms. The summed E-state index contributed by atoms with van der Waals surface area (Å²) in [5, 5.41) is 2.90. The lowest BCUT2D eigenvalue weighted by molar-refractivity contribution is -0.123. The van der Waals surface area contributed by atoms with E-state index in [4.69, 9.17) is 12.2 Å². The number of H-pyrrole nitrogens is 1. The normalized spacial score (nSPS) is 12.6. The van der Waals surface area contributed by atoms with Gasteiger partial charge in [-0.1, -0.05) is 22.9 Å². The minimum atomic E-state index is -0.331. The molecule has 6 heteroatoms. The fraction of sp³-hybridized carbons (Fsp3) is 0.385. The Morgan fingerprint density at radius 1 is 1.58 bits per heavy atom. The monoisotopic (exact) mass is 341 g/mol. The van der Waals surface area contributed by atoms with Crippen molar-refractivity contribution in [3.63, 3.8) is 0 Å². The SMILES string of the molecule is CCCNC(=O)C(C)n1c(=S)[nH]c2ccc(Br)cc21. The number of hydrogen-bond acceptors (Lipinski definition) is 2. The molecule has 0 saturated carbocycles. The zero-order valence-corrected chi connectivity index (χ0v) is 13.3. The van der Waals surface area contributed by atoms with Gasteiger partial charge in [-0.15, -0.1) is 0 Å². The number of benzene rings is 1. The van der Waals surface area contributed by atoms with Crippen LogP contribution >= 0.6 is 28.1 Å². The van der Waals surface area contributed by atoms with Crippen molar-refractivity contribution >= 4 is 45.1 Å². The summed E-state index contributed by atoms with van der Waals surface area (Å²) in [5.41, 5.74) is 1.86. The van der Waals surface area contributed by atoms with Crippen LogP contribution < -0.4 is 5.32 Å². The van der Waals surface area contributed by atoms with Crippen LogP contribution in [0.4, 0.5) is 0 Å². The highest BCUT2D eigenvalue weighted by molar-refractivity contribution is 9.10. The number of aromatic amines is 1. The molecule has 1 heterocycles. The van der Waals surface area contributed by atoms with E-state index in [1.807, 2.05) is 36.6 Å². The maximum atomic E-state index is 12.1. The molecule has 2 rings (SSSR count). The second-order valence-electron chi connectivity index (χ2n) is 4.43. The van der Waals surface area contributed by atoms with Gasteiger partial charge in [-0.2, -0.15) is 0 Å². The Hall–Kier alpha value is -1.14. The first-order chi connectivity index (χ1) is 9.04. The lowest BCUT2D eigenvalue weighted by Gasteiger charge is -2.14. The molecule has 1 unspecified atom stereocenters. The molecule has 4 nitrogen and oxygen atoms in total. The molecule has 1 atom stereocenters. The average Bonchev–Trinajstić information content (AvgIpc) is 2.70. The van der Waals surface area contributed by atoms with E-state index in [-0.39, 0.29) is 11.9 Å². The van der Waals surface area contributed by atoms with Gasteiger partial charge in [0, 0.05) is 11.0 Å². The summed E-state index contributed by atoms with van der Waals surface area (Å²) in [6.07, 6.45) is 0.920. The van der Waals surface area contributed by atoms with Gasteiger partial charge in [0.25, 0.3) is 0 Å². The Kier molecular flexibility index (Phi) is 4.42. The second-order valence-corrected chi connectivity index (χ2v) is 5.73. The Labute approximate surface area is 125 Å². The van der Waals surface area contributed by atoms with Crippen LogP contribution in [-0.4, -0.2) is 22.0 Å². The fourth-order valence-electron chi connectivity index (χ4n) is 1.99. The number of nitrogens with one attached hydrogen (secondary N) is 2. The molecule has 1 amide bonds. The molecule has 0 spiro atoms.